The zero-order chi connectivity index (χ0) is 12.5. The first-order valence-corrected chi connectivity index (χ1v) is 5.94. The van der Waals surface area contributed by atoms with Crippen molar-refractivity contribution in [3.8, 4) is 11.1 Å². The maximum atomic E-state index is 11.8. The van der Waals surface area contributed by atoms with Gasteiger partial charge in [-0.15, -0.1) is 0 Å². The van der Waals surface area contributed by atoms with E-state index in [0.717, 1.165) is 21.9 Å². The van der Waals surface area contributed by atoms with Gasteiger partial charge in [0.15, 0.2) is 0 Å². The standard InChI is InChI=1S/C16H13NO/c1-11-6-2-3-7-12(11)15-10-17-16(18)14-9-5-4-8-13(14)15/h2-10H,1H3,(H,17,18). The number of nitrogens with one attached hydrogen (secondary N) is 1. The largest absolute Gasteiger partial charge is 0.328 e. The van der Waals surface area contributed by atoms with Crippen LogP contribution >= 0.6 is 0 Å². The van der Waals surface area contributed by atoms with Crippen LogP contribution in [0.4, 0.5) is 0 Å². The topological polar surface area (TPSA) is 32.9 Å². The highest BCUT2D eigenvalue weighted by Gasteiger charge is 2.07. The number of aryl methyl sites for hydroxylation is 1. The summed E-state index contributed by atoms with van der Waals surface area (Å²) in [5.41, 5.74) is 3.39. The maximum Gasteiger partial charge on any atom is 0.255 e. The van der Waals surface area contributed by atoms with Gasteiger partial charge in [0.25, 0.3) is 5.56 Å². The summed E-state index contributed by atoms with van der Waals surface area (Å²) in [5, 5.41) is 1.73. The van der Waals surface area contributed by atoms with Gasteiger partial charge in [-0.25, -0.2) is 0 Å². The predicted octanol–water partition coefficient (Wildman–Crippen LogP) is 3.50. The van der Waals surface area contributed by atoms with Crippen molar-refractivity contribution in [3.05, 3.63) is 70.6 Å². The van der Waals surface area contributed by atoms with Crippen molar-refractivity contribution in [1.82, 2.24) is 4.98 Å². The minimum atomic E-state index is -0.0389. The smallest absolute Gasteiger partial charge is 0.255 e. The lowest BCUT2D eigenvalue weighted by Crippen LogP contribution is -2.05. The van der Waals surface area contributed by atoms with E-state index in [1.54, 1.807) is 6.20 Å². The lowest BCUT2D eigenvalue weighted by Gasteiger charge is -2.08. The van der Waals surface area contributed by atoms with Crippen molar-refractivity contribution < 1.29 is 0 Å². The van der Waals surface area contributed by atoms with Gasteiger partial charge in [0, 0.05) is 17.1 Å². The Morgan fingerprint density at radius 2 is 1.50 bits per heavy atom. The molecule has 0 aliphatic heterocycles. The highest BCUT2D eigenvalue weighted by Crippen LogP contribution is 2.28. The number of aromatic amines is 1. The molecule has 88 valence electrons. The Balaban J connectivity index is 2.41. The summed E-state index contributed by atoms with van der Waals surface area (Å²) >= 11 is 0. The zero-order valence-corrected chi connectivity index (χ0v) is 10.1. The number of hydrogen-bond donors (Lipinski definition) is 1. The van der Waals surface area contributed by atoms with Crippen molar-refractivity contribution in [3.63, 3.8) is 0 Å². The van der Waals surface area contributed by atoms with E-state index in [-0.39, 0.29) is 5.56 Å². The average molecular weight is 235 g/mol. The van der Waals surface area contributed by atoms with Crippen LogP contribution in [0.5, 0.6) is 0 Å². The Labute approximate surface area is 105 Å². The van der Waals surface area contributed by atoms with Crippen LogP contribution in [0.25, 0.3) is 21.9 Å². The summed E-state index contributed by atoms with van der Waals surface area (Å²) in [5.74, 6) is 0. The molecule has 0 aliphatic carbocycles. The first-order valence-electron chi connectivity index (χ1n) is 5.94. The molecule has 0 atom stereocenters. The van der Waals surface area contributed by atoms with Crippen molar-refractivity contribution in [2.24, 2.45) is 0 Å². The summed E-state index contributed by atoms with van der Waals surface area (Å²) in [6, 6.07) is 15.9. The molecule has 0 unspecified atom stereocenters. The van der Waals surface area contributed by atoms with E-state index in [1.165, 1.54) is 5.56 Å². The Kier molecular flexibility index (Phi) is 2.49. The predicted molar refractivity (Wildman–Crippen MR) is 74.7 cm³/mol. The van der Waals surface area contributed by atoms with Gasteiger partial charge in [0.1, 0.15) is 0 Å². The Bertz CT molecular complexity index is 771. The molecule has 0 amide bonds. The number of aromatic nitrogens is 1. The molecule has 0 aliphatic rings. The molecule has 18 heavy (non-hydrogen) atoms. The molecule has 2 nitrogen and oxygen atoms in total. The van der Waals surface area contributed by atoms with E-state index < -0.39 is 0 Å². The fourth-order valence-electron chi connectivity index (χ4n) is 2.31. The Hall–Kier alpha value is -2.35. The number of hydrogen-bond acceptors (Lipinski definition) is 1. The van der Waals surface area contributed by atoms with Crippen LogP contribution in [0.1, 0.15) is 5.56 Å². The van der Waals surface area contributed by atoms with Crippen LogP contribution in [0.15, 0.2) is 59.5 Å². The highest BCUT2D eigenvalue weighted by molar-refractivity contribution is 5.96. The SMILES string of the molecule is Cc1ccccc1-c1c[nH]c(=O)c2ccccc12. The molecule has 2 heteroatoms. The lowest BCUT2D eigenvalue weighted by atomic mass is 9.97. The number of rotatable bonds is 1. The van der Waals surface area contributed by atoms with Gasteiger partial charge in [-0.05, 0) is 29.5 Å². The van der Waals surface area contributed by atoms with Gasteiger partial charge >= 0.3 is 0 Å². The van der Waals surface area contributed by atoms with Crippen LogP contribution in [-0.4, -0.2) is 4.98 Å². The third-order valence-electron chi connectivity index (χ3n) is 3.24. The maximum absolute atomic E-state index is 11.8. The second-order valence-corrected chi connectivity index (χ2v) is 4.39. The van der Waals surface area contributed by atoms with E-state index in [0.29, 0.717) is 0 Å². The van der Waals surface area contributed by atoms with E-state index in [2.05, 4.69) is 24.0 Å². The molecule has 3 rings (SSSR count). The molecular formula is C16H13NO. The highest BCUT2D eigenvalue weighted by atomic mass is 16.1. The summed E-state index contributed by atoms with van der Waals surface area (Å²) in [4.78, 5) is 14.6. The van der Waals surface area contributed by atoms with Crippen LogP contribution in [0.2, 0.25) is 0 Å². The molecular weight excluding hydrogens is 222 g/mol. The van der Waals surface area contributed by atoms with Gasteiger partial charge < -0.3 is 4.98 Å². The van der Waals surface area contributed by atoms with Crippen LogP contribution in [-0.2, 0) is 0 Å². The van der Waals surface area contributed by atoms with E-state index in [4.69, 9.17) is 0 Å². The fraction of sp³-hybridized carbons (Fsp3) is 0.0625. The summed E-state index contributed by atoms with van der Waals surface area (Å²) in [6.45, 7) is 2.08. The minimum absolute atomic E-state index is 0.0389. The van der Waals surface area contributed by atoms with E-state index in [9.17, 15) is 4.79 Å². The van der Waals surface area contributed by atoms with Gasteiger partial charge in [0.2, 0.25) is 0 Å². The molecule has 0 saturated carbocycles. The van der Waals surface area contributed by atoms with Crippen molar-refractivity contribution >= 4 is 10.8 Å². The average Bonchev–Trinajstić information content (AvgIpc) is 2.41. The minimum Gasteiger partial charge on any atom is -0.328 e. The molecule has 2 aromatic carbocycles. The van der Waals surface area contributed by atoms with Crippen LogP contribution < -0.4 is 5.56 Å². The summed E-state index contributed by atoms with van der Waals surface area (Å²) < 4.78 is 0. The quantitative estimate of drug-likeness (QED) is 0.688. The lowest BCUT2D eigenvalue weighted by molar-refractivity contribution is 1.27. The first kappa shape index (κ1) is 10.8. The van der Waals surface area contributed by atoms with Crippen molar-refractivity contribution in [2.45, 2.75) is 6.92 Å². The van der Waals surface area contributed by atoms with E-state index in [1.807, 2.05) is 36.4 Å². The monoisotopic (exact) mass is 235 g/mol. The third-order valence-corrected chi connectivity index (χ3v) is 3.24. The molecule has 1 aromatic heterocycles. The van der Waals surface area contributed by atoms with Crippen LogP contribution in [0.3, 0.4) is 0 Å². The Morgan fingerprint density at radius 3 is 2.28 bits per heavy atom. The number of pyridine rings is 1. The molecule has 0 saturated heterocycles. The van der Waals surface area contributed by atoms with E-state index >= 15 is 0 Å². The summed E-state index contributed by atoms with van der Waals surface area (Å²) in [6.07, 6.45) is 1.80. The molecule has 1 N–H and O–H groups in total. The normalized spacial score (nSPS) is 10.7. The third kappa shape index (κ3) is 1.63. The number of fused-ring (bicyclic) bond motifs is 1. The molecule has 0 radical (unpaired) electrons. The second kappa shape index (κ2) is 4.15. The van der Waals surface area contributed by atoms with Gasteiger partial charge in [-0.1, -0.05) is 42.5 Å². The van der Waals surface area contributed by atoms with Crippen molar-refractivity contribution in [1.29, 1.82) is 0 Å². The molecule has 0 fully saturated rings. The number of benzene rings is 2. The first-order chi connectivity index (χ1) is 8.77. The van der Waals surface area contributed by atoms with Gasteiger partial charge in [-0.3, -0.25) is 4.79 Å². The molecule has 3 aromatic rings. The molecule has 1 heterocycles. The van der Waals surface area contributed by atoms with Crippen molar-refractivity contribution in [2.75, 3.05) is 0 Å². The zero-order valence-electron chi connectivity index (χ0n) is 10.1. The molecule has 0 spiro atoms. The van der Waals surface area contributed by atoms with Gasteiger partial charge in [-0.2, -0.15) is 0 Å². The Morgan fingerprint density at radius 1 is 0.833 bits per heavy atom. The van der Waals surface area contributed by atoms with Crippen LogP contribution in [0, 0.1) is 6.92 Å². The fourth-order valence-corrected chi connectivity index (χ4v) is 2.31. The molecule has 0 bridgehead atoms. The van der Waals surface area contributed by atoms with Gasteiger partial charge in [0.05, 0.1) is 0 Å². The second-order valence-electron chi connectivity index (χ2n) is 4.39. The number of H-pyrrole nitrogens is 1. The summed E-state index contributed by atoms with van der Waals surface area (Å²) in [7, 11) is 0.